The third-order valence-electron chi connectivity index (χ3n) is 6.94. The van der Waals surface area contributed by atoms with Gasteiger partial charge in [0.2, 0.25) is 0 Å². The van der Waals surface area contributed by atoms with Crippen molar-refractivity contribution in [3.63, 3.8) is 0 Å². The van der Waals surface area contributed by atoms with Crippen LogP contribution in [0.5, 0.6) is 11.5 Å². The summed E-state index contributed by atoms with van der Waals surface area (Å²) in [4.78, 5) is 15.4. The molecule has 0 bridgehead atoms. The first kappa shape index (κ1) is 27.6. The molecule has 0 spiro atoms. The fourth-order valence-electron chi connectivity index (χ4n) is 4.83. The van der Waals surface area contributed by atoms with Crippen LogP contribution in [0, 0.1) is 6.92 Å². The van der Waals surface area contributed by atoms with Crippen molar-refractivity contribution in [1.82, 2.24) is 19.9 Å². The van der Waals surface area contributed by atoms with Gasteiger partial charge in [0, 0.05) is 18.6 Å². The molecule has 38 heavy (non-hydrogen) atoms. The molecule has 0 unspecified atom stereocenters. The van der Waals surface area contributed by atoms with Gasteiger partial charge in [-0.1, -0.05) is 0 Å². The van der Waals surface area contributed by atoms with Gasteiger partial charge in [0.15, 0.2) is 11.5 Å². The van der Waals surface area contributed by atoms with Crippen LogP contribution in [-0.4, -0.2) is 66.4 Å². The minimum Gasteiger partial charge on any atom is -0.493 e. The normalized spacial score (nSPS) is 19.1. The van der Waals surface area contributed by atoms with Crippen molar-refractivity contribution in [3.05, 3.63) is 41.3 Å². The molecule has 0 radical (unpaired) electrons. The van der Waals surface area contributed by atoms with Crippen molar-refractivity contribution in [1.29, 1.82) is 0 Å². The summed E-state index contributed by atoms with van der Waals surface area (Å²) in [6, 6.07) is 4.70. The van der Waals surface area contributed by atoms with Crippen LogP contribution in [0.2, 0.25) is 0 Å². The Labute approximate surface area is 219 Å². The smallest absolute Gasteiger partial charge is 0.416 e. The van der Waals surface area contributed by atoms with E-state index in [1.165, 1.54) is 0 Å². The Morgan fingerprint density at radius 3 is 2.50 bits per heavy atom. The van der Waals surface area contributed by atoms with Crippen molar-refractivity contribution in [2.24, 2.45) is 0 Å². The van der Waals surface area contributed by atoms with Crippen LogP contribution >= 0.6 is 0 Å². The molecule has 1 aliphatic heterocycles. The molecule has 206 valence electrons. The van der Waals surface area contributed by atoms with Crippen LogP contribution in [0.3, 0.4) is 0 Å². The van der Waals surface area contributed by atoms with Crippen molar-refractivity contribution < 1.29 is 27.4 Å². The summed E-state index contributed by atoms with van der Waals surface area (Å²) in [5, 5.41) is 3.81. The lowest BCUT2D eigenvalue weighted by Crippen LogP contribution is -2.50. The molecular weight excluding hydrogens is 501 g/mol. The SMILES string of the molecule is COC[C@]1(COc2cc3c(N[C@H](C)c4cc(C(F)(F)F)cc(N)n4)nc(C)nc3cc2OC)CCCN1C. The zero-order valence-corrected chi connectivity index (χ0v) is 22.1. The van der Waals surface area contributed by atoms with Crippen molar-refractivity contribution in [3.8, 4) is 11.5 Å². The third kappa shape index (κ3) is 5.70. The van der Waals surface area contributed by atoms with E-state index in [-0.39, 0.29) is 17.1 Å². The number of benzene rings is 1. The van der Waals surface area contributed by atoms with E-state index in [1.54, 1.807) is 40.2 Å². The average Bonchev–Trinajstić information content (AvgIpc) is 3.21. The Morgan fingerprint density at radius 2 is 1.87 bits per heavy atom. The quantitative estimate of drug-likeness (QED) is 0.407. The van der Waals surface area contributed by atoms with Crippen molar-refractivity contribution in [2.75, 3.05) is 52.1 Å². The largest absolute Gasteiger partial charge is 0.493 e. The van der Waals surface area contributed by atoms with Crippen LogP contribution in [0.4, 0.5) is 24.8 Å². The Morgan fingerprint density at radius 1 is 1.11 bits per heavy atom. The maximum atomic E-state index is 13.3. The minimum atomic E-state index is -4.54. The number of nitrogens with two attached hydrogens (primary N) is 1. The summed E-state index contributed by atoms with van der Waals surface area (Å²) in [6.45, 7) is 5.29. The van der Waals surface area contributed by atoms with E-state index in [0.717, 1.165) is 31.5 Å². The molecule has 2 aromatic heterocycles. The van der Waals surface area contributed by atoms with Gasteiger partial charge in [-0.3, -0.25) is 4.90 Å². The standard InChI is InChI=1S/C26H33F3N6O3/c1-15(19-9-17(26(27,28)29)10-23(30)34-19)31-24-18-11-22(21(37-5)12-20(18)32-16(2)33-24)38-14-25(13-36-4)7-6-8-35(25)3/h9-12,15H,6-8,13-14H2,1-5H3,(H2,30,34)(H,31,32,33)/t15-,25+/m1/s1. The fraction of sp³-hybridized carbons (Fsp3) is 0.500. The summed E-state index contributed by atoms with van der Waals surface area (Å²) in [7, 11) is 5.29. The first-order chi connectivity index (χ1) is 18.0. The molecule has 1 saturated heterocycles. The highest BCUT2D eigenvalue weighted by molar-refractivity contribution is 5.92. The number of aryl methyl sites for hydroxylation is 1. The van der Waals surface area contributed by atoms with Gasteiger partial charge < -0.3 is 25.3 Å². The van der Waals surface area contributed by atoms with E-state index in [2.05, 4.69) is 32.2 Å². The summed E-state index contributed by atoms with van der Waals surface area (Å²) in [5.41, 5.74) is 5.28. The number of nitrogens with zero attached hydrogens (tertiary/aromatic N) is 4. The molecule has 3 N–H and O–H groups in total. The average molecular weight is 535 g/mol. The first-order valence-electron chi connectivity index (χ1n) is 12.3. The topological polar surface area (TPSA) is 108 Å². The highest BCUT2D eigenvalue weighted by Crippen LogP contribution is 2.38. The van der Waals surface area contributed by atoms with Crippen molar-refractivity contribution in [2.45, 2.75) is 44.4 Å². The van der Waals surface area contributed by atoms with E-state index in [0.29, 0.717) is 47.3 Å². The van der Waals surface area contributed by atoms with E-state index in [4.69, 9.17) is 19.9 Å². The third-order valence-corrected chi connectivity index (χ3v) is 6.94. The highest BCUT2D eigenvalue weighted by atomic mass is 19.4. The number of hydrogen-bond acceptors (Lipinski definition) is 9. The van der Waals surface area contributed by atoms with E-state index in [9.17, 15) is 13.2 Å². The number of likely N-dealkylation sites (N-methyl/N-ethyl adjacent to an activating group) is 1. The monoisotopic (exact) mass is 534 g/mol. The summed E-state index contributed by atoms with van der Waals surface area (Å²) in [6.07, 6.45) is -2.56. The van der Waals surface area contributed by atoms with E-state index < -0.39 is 17.8 Å². The maximum Gasteiger partial charge on any atom is 0.416 e. The molecule has 3 aromatic rings. The summed E-state index contributed by atoms with van der Waals surface area (Å²) in [5.74, 6) is 1.70. The zero-order chi connectivity index (χ0) is 27.7. The predicted octanol–water partition coefficient (Wildman–Crippen LogP) is 4.61. The number of anilines is 2. The lowest BCUT2D eigenvalue weighted by atomic mass is 9.99. The molecule has 1 fully saturated rings. The number of fused-ring (bicyclic) bond motifs is 1. The molecule has 4 rings (SSSR count). The Bertz CT molecular complexity index is 1310. The van der Waals surface area contributed by atoms with Gasteiger partial charge in [-0.15, -0.1) is 0 Å². The van der Waals surface area contributed by atoms with Gasteiger partial charge in [0.1, 0.15) is 24.1 Å². The number of hydrogen-bond donors (Lipinski definition) is 2. The maximum absolute atomic E-state index is 13.3. The molecule has 12 heteroatoms. The lowest BCUT2D eigenvalue weighted by molar-refractivity contribution is -0.137. The van der Waals surface area contributed by atoms with Gasteiger partial charge in [-0.05, 0) is 58.5 Å². The number of nitrogens with one attached hydrogen (secondary N) is 1. The fourth-order valence-corrected chi connectivity index (χ4v) is 4.83. The van der Waals surface area contributed by atoms with Gasteiger partial charge in [-0.25, -0.2) is 15.0 Å². The van der Waals surface area contributed by atoms with E-state index >= 15 is 0 Å². The second-order valence-electron chi connectivity index (χ2n) is 9.68. The zero-order valence-electron chi connectivity index (χ0n) is 22.1. The number of pyridine rings is 1. The molecule has 9 nitrogen and oxygen atoms in total. The van der Waals surface area contributed by atoms with Crippen molar-refractivity contribution >= 4 is 22.5 Å². The molecule has 0 saturated carbocycles. The molecule has 1 aromatic carbocycles. The van der Waals surface area contributed by atoms with Gasteiger partial charge >= 0.3 is 6.18 Å². The van der Waals surface area contributed by atoms with Crippen LogP contribution < -0.4 is 20.5 Å². The second-order valence-corrected chi connectivity index (χ2v) is 9.68. The number of likely N-dealkylation sites (tertiary alicyclic amines) is 1. The number of alkyl halides is 3. The molecule has 3 heterocycles. The number of nitrogen functional groups attached to an aromatic ring is 1. The number of rotatable bonds is 9. The van der Waals surface area contributed by atoms with Crippen LogP contribution in [0.15, 0.2) is 24.3 Å². The highest BCUT2D eigenvalue weighted by Gasteiger charge is 2.40. The first-order valence-corrected chi connectivity index (χ1v) is 12.3. The van der Waals surface area contributed by atoms with Gasteiger partial charge in [-0.2, -0.15) is 13.2 Å². The molecule has 0 aliphatic carbocycles. The van der Waals surface area contributed by atoms with Crippen LogP contribution in [0.25, 0.3) is 10.9 Å². The van der Waals surface area contributed by atoms with Gasteiger partial charge in [0.05, 0.1) is 42.1 Å². The van der Waals surface area contributed by atoms with Gasteiger partial charge in [0.25, 0.3) is 0 Å². The van der Waals surface area contributed by atoms with Crippen LogP contribution in [-0.2, 0) is 10.9 Å². The molecular formula is C26H33F3N6O3. The lowest BCUT2D eigenvalue weighted by Gasteiger charge is -2.35. The second kappa shape index (κ2) is 10.8. The summed E-state index contributed by atoms with van der Waals surface area (Å²) >= 11 is 0. The molecule has 2 atom stereocenters. The van der Waals surface area contributed by atoms with E-state index in [1.807, 2.05) is 0 Å². The Balaban J connectivity index is 1.68. The summed E-state index contributed by atoms with van der Waals surface area (Å²) < 4.78 is 57.4. The predicted molar refractivity (Wildman–Crippen MR) is 138 cm³/mol. The molecule has 1 aliphatic rings. The minimum absolute atomic E-state index is 0.137. The Kier molecular flexibility index (Phi) is 7.84. The number of halogens is 3. The molecule has 0 amide bonds. The Hall–Kier alpha value is -3.38. The van der Waals surface area contributed by atoms with Crippen LogP contribution in [0.1, 0.15) is 42.9 Å². The number of aromatic nitrogens is 3. The number of ether oxygens (including phenoxy) is 3. The number of methoxy groups -OCH3 is 2.